The third-order valence-electron chi connectivity index (χ3n) is 1.55. The van der Waals surface area contributed by atoms with Gasteiger partial charge in [-0.2, -0.15) is 8.42 Å². The van der Waals surface area contributed by atoms with Crippen LogP contribution in [0.2, 0.25) is 0 Å². The first-order valence-corrected chi connectivity index (χ1v) is 5.62. The number of halogens is 2. The van der Waals surface area contributed by atoms with Crippen LogP contribution in [0.5, 0.6) is 5.75 Å². The van der Waals surface area contributed by atoms with Gasteiger partial charge in [0.25, 0.3) is 0 Å². The Labute approximate surface area is 87.8 Å². The van der Waals surface area contributed by atoms with Gasteiger partial charge in [-0.1, -0.05) is 15.9 Å². The van der Waals surface area contributed by atoms with Crippen molar-refractivity contribution in [3.63, 3.8) is 0 Å². The minimum atomic E-state index is -4.02. The molecule has 2 rings (SSSR count). The van der Waals surface area contributed by atoms with Crippen molar-refractivity contribution < 1.29 is 17.0 Å². The lowest BCUT2D eigenvalue weighted by molar-refractivity contribution is 0.460. The van der Waals surface area contributed by atoms with Crippen molar-refractivity contribution >= 4 is 32.4 Å². The van der Waals surface area contributed by atoms with Crippen molar-refractivity contribution in [2.24, 2.45) is 4.40 Å². The summed E-state index contributed by atoms with van der Waals surface area (Å²) >= 11 is 3.06. The maximum atomic E-state index is 13.2. The van der Waals surface area contributed by atoms with Crippen molar-refractivity contribution in [2.75, 3.05) is 0 Å². The molecule has 1 aliphatic rings. The number of hydrogen-bond donors (Lipinski definition) is 0. The molecular formula is C7H3BrFNO3S. The van der Waals surface area contributed by atoms with E-state index >= 15 is 0 Å². The third-order valence-corrected chi connectivity index (χ3v) is 2.75. The van der Waals surface area contributed by atoms with Crippen molar-refractivity contribution in [3.05, 3.63) is 28.0 Å². The quantitative estimate of drug-likeness (QED) is 0.726. The highest BCUT2D eigenvalue weighted by Crippen LogP contribution is 2.29. The van der Waals surface area contributed by atoms with Crippen molar-refractivity contribution in [1.29, 1.82) is 0 Å². The summed E-state index contributed by atoms with van der Waals surface area (Å²) in [6, 6.07) is 2.63. The molecule has 0 N–H and O–H groups in total. The van der Waals surface area contributed by atoms with E-state index in [9.17, 15) is 12.8 Å². The molecule has 0 atom stereocenters. The molecular weight excluding hydrogens is 277 g/mol. The number of hydrogen-bond acceptors (Lipinski definition) is 3. The van der Waals surface area contributed by atoms with Gasteiger partial charge in [-0.3, -0.25) is 0 Å². The molecule has 0 saturated carbocycles. The summed E-state index contributed by atoms with van der Waals surface area (Å²) < 4.78 is 42.9. The number of rotatable bonds is 0. The second-order valence-corrected chi connectivity index (χ2v) is 4.70. The highest BCUT2D eigenvalue weighted by Gasteiger charge is 2.22. The molecule has 7 heteroatoms. The fraction of sp³-hybridized carbons (Fsp3) is 0. The summed E-state index contributed by atoms with van der Waals surface area (Å²) in [6.45, 7) is 0. The van der Waals surface area contributed by atoms with Crippen LogP contribution in [0.25, 0.3) is 0 Å². The average Bonchev–Trinajstić information content (AvgIpc) is 2.06. The van der Waals surface area contributed by atoms with E-state index in [0.717, 1.165) is 12.3 Å². The van der Waals surface area contributed by atoms with E-state index in [1.165, 1.54) is 6.07 Å². The highest BCUT2D eigenvalue weighted by molar-refractivity contribution is 9.10. The molecule has 14 heavy (non-hydrogen) atoms. The third kappa shape index (κ3) is 1.64. The van der Waals surface area contributed by atoms with Gasteiger partial charge >= 0.3 is 10.3 Å². The van der Waals surface area contributed by atoms with E-state index < -0.39 is 16.1 Å². The van der Waals surface area contributed by atoms with Crippen LogP contribution in [0, 0.1) is 5.82 Å². The van der Waals surface area contributed by atoms with E-state index in [2.05, 4.69) is 24.5 Å². The van der Waals surface area contributed by atoms with Gasteiger partial charge in [0, 0.05) is 10.0 Å². The fourth-order valence-corrected chi connectivity index (χ4v) is 2.13. The van der Waals surface area contributed by atoms with Gasteiger partial charge in [-0.15, -0.1) is 4.40 Å². The van der Waals surface area contributed by atoms with E-state index in [0.29, 0.717) is 4.47 Å². The van der Waals surface area contributed by atoms with Gasteiger partial charge in [0.05, 0.1) is 6.21 Å². The summed E-state index contributed by atoms with van der Waals surface area (Å²) in [7, 11) is -4.02. The molecule has 0 amide bonds. The molecule has 0 radical (unpaired) electrons. The molecule has 0 bridgehead atoms. The molecule has 0 saturated heterocycles. The highest BCUT2D eigenvalue weighted by atomic mass is 79.9. The van der Waals surface area contributed by atoms with Crippen LogP contribution in [0.15, 0.2) is 21.0 Å². The van der Waals surface area contributed by atoms with Gasteiger partial charge in [-0.05, 0) is 12.1 Å². The first kappa shape index (κ1) is 9.60. The number of benzene rings is 1. The zero-order valence-corrected chi connectivity index (χ0v) is 8.97. The van der Waals surface area contributed by atoms with E-state index in [1.54, 1.807) is 0 Å². The van der Waals surface area contributed by atoms with Crippen LogP contribution in [-0.2, 0) is 10.3 Å². The van der Waals surface area contributed by atoms with Crippen LogP contribution in [0.3, 0.4) is 0 Å². The van der Waals surface area contributed by atoms with Gasteiger partial charge < -0.3 is 4.18 Å². The molecule has 0 fully saturated rings. The van der Waals surface area contributed by atoms with Gasteiger partial charge in [-0.25, -0.2) is 4.39 Å². The molecule has 0 unspecified atom stereocenters. The lowest BCUT2D eigenvalue weighted by Crippen LogP contribution is -2.13. The minimum Gasteiger partial charge on any atom is -0.362 e. The summed E-state index contributed by atoms with van der Waals surface area (Å²) in [4.78, 5) is 0. The zero-order chi connectivity index (χ0) is 10.3. The number of fused-ring (bicyclic) bond motifs is 1. The van der Waals surface area contributed by atoms with E-state index in [4.69, 9.17) is 0 Å². The smallest absolute Gasteiger partial charge is 0.362 e. The topological polar surface area (TPSA) is 55.7 Å². The second kappa shape index (κ2) is 3.03. The molecule has 0 aromatic heterocycles. The normalized spacial score (nSPS) is 17.3. The monoisotopic (exact) mass is 279 g/mol. The Morgan fingerprint density at radius 2 is 2.14 bits per heavy atom. The van der Waals surface area contributed by atoms with Crippen LogP contribution >= 0.6 is 15.9 Å². The first-order chi connectivity index (χ1) is 6.48. The van der Waals surface area contributed by atoms with E-state index in [-0.39, 0.29) is 11.3 Å². The standard InChI is InChI=1S/C7H3BrFNO3S/c8-5-1-4-3-10-14(11,12)13-7(4)6(9)2-5/h1-3H. The van der Waals surface area contributed by atoms with Crippen molar-refractivity contribution in [1.82, 2.24) is 0 Å². The van der Waals surface area contributed by atoms with Crippen LogP contribution < -0.4 is 4.18 Å². The van der Waals surface area contributed by atoms with Gasteiger partial charge in [0.1, 0.15) is 0 Å². The predicted molar refractivity (Wildman–Crippen MR) is 51.2 cm³/mol. The summed E-state index contributed by atoms with van der Waals surface area (Å²) in [5.74, 6) is -1.06. The molecule has 74 valence electrons. The lowest BCUT2D eigenvalue weighted by atomic mass is 10.2. The van der Waals surface area contributed by atoms with Crippen LogP contribution in [0.1, 0.15) is 5.56 Å². The molecule has 1 aliphatic heterocycles. The minimum absolute atomic E-state index is 0.284. The Bertz CT molecular complexity index is 526. The molecule has 1 heterocycles. The number of nitrogens with zero attached hydrogens (tertiary/aromatic N) is 1. The maximum Gasteiger partial charge on any atom is 0.428 e. The Morgan fingerprint density at radius 3 is 2.86 bits per heavy atom. The van der Waals surface area contributed by atoms with Crippen LogP contribution in [-0.4, -0.2) is 14.6 Å². The van der Waals surface area contributed by atoms with Gasteiger partial charge in [0.15, 0.2) is 11.6 Å². The largest absolute Gasteiger partial charge is 0.428 e. The van der Waals surface area contributed by atoms with E-state index in [1.807, 2.05) is 0 Å². The average molecular weight is 280 g/mol. The lowest BCUT2D eigenvalue weighted by Gasteiger charge is -2.11. The van der Waals surface area contributed by atoms with Crippen LogP contribution in [0.4, 0.5) is 4.39 Å². The summed E-state index contributed by atoms with van der Waals surface area (Å²) in [5, 5.41) is 0. The maximum absolute atomic E-state index is 13.2. The van der Waals surface area contributed by atoms with Crippen molar-refractivity contribution in [2.45, 2.75) is 0 Å². The Morgan fingerprint density at radius 1 is 1.43 bits per heavy atom. The predicted octanol–water partition coefficient (Wildman–Crippen LogP) is 1.64. The Kier molecular flexibility index (Phi) is 2.07. The Hall–Kier alpha value is -0.950. The SMILES string of the molecule is O=S1(=O)N=Cc2cc(Br)cc(F)c2O1. The summed E-state index contributed by atoms with van der Waals surface area (Å²) in [5.41, 5.74) is 0.284. The van der Waals surface area contributed by atoms with Crippen molar-refractivity contribution in [3.8, 4) is 5.75 Å². The first-order valence-electron chi connectivity index (χ1n) is 3.47. The summed E-state index contributed by atoms with van der Waals surface area (Å²) in [6.07, 6.45) is 1.04. The zero-order valence-electron chi connectivity index (χ0n) is 6.57. The molecule has 1 aromatic carbocycles. The second-order valence-electron chi connectivity index (χ2n) is 2.55. The molecule has 1 aromatic rings. The van der Waals surface area contributed by atoms with Gasteiger partial charge in [0.2, 0.25) is 0 Å². The fourth-order valence-electron chi connectivity index (χ4n) is 1.01. The molecule has 4 nitrogen and oxygen atoms in total. The molecule has 0 aliphatic carbocycles. The molecule has 0 spiro atoms. The Balaban J connectivity index is 2.68.